The molecule has 2 heterocycles. The topological polar surface area (TPSA) is 189 Å². The molecule has 4 atom stereocenters. The number of rotatable bonds is 13. The van der Waals surface area contributed by atoms with Crippen molar-refractivity contribution in [3.8, 4) is 6.07 Å². The molecule has 0 radical (unpaired) electrons. The molecule has 2 rings (SSSR count). The van der Waals surface area contributed by atoms with Crippen molar-refractivity contribution in [2.75, 3.05) is 32.8 Å². The highest BCUT2D eigenvalue weighted by atomic mass is 16.6. The van der Waals surface area contributed by atoms with E-state index < -0.39 is 48.4 Å². The van der Waals surface area contributed by atoms with Crippen molar-refractivity contribution in [2.45, 2.75) is 51.5 Å². The Morgan fingerprint density at radius 3 is 2.53 bits per heavy atom. The summed E-state index contributed by atoms with van der Waals surface area (Å²) in [5, 5.41) is 17.1. The Bertz CT molecular complexity index is 1120. The van der Waals surface area contributed by atoms with Crippen LogP contribution in [0.4, 0.5) is 5.82 Å². The first kappa shape index (κ1) is 28.4. The molecule has 0 saturated carbocycles. The van der Waals surface area contributed by atoms with Crippen LogP contribution in [0.2, 0.25) is 0 Å². The van der Waals surface area contributed by atoms with E-state index in [0.29, 0.717) is 5.52 Å². The maximum Gasteiger partial charge on any atom is 0.322 e. The third-order valence-electron chi connectivity index (χ3n) is 5.12. The van der Waals surface area contributed by atoms with Gasteiger partial charge in [-0.15, -0.1) is 0 Å². The highest BCUT2D eigenvalue weighted by Gasteiger charge is 2.50. The minimum Gasteiger partial charge on any atom is -0.465 e. The molecule has 0 spiro atoms. The molecule has 0 fully saturated rings. The number of ether oxygens (including phenoxy) is 5. The zero-order chi connectivity index (χ0) is 26.9. The van der Waals surface area contributed by atoms with Gasteiger partial charge in [0.25, 0.3) is 0 Å². The van der Waals surface area contributed by atoms with Crippen molar-refractivity contribution in [1.29, 1.82) is 5.26 Å². The number of nitrogens with zero attached hydrogens (tertiary/aromatic N) is 4. The van der Waals surface area contributed by atoms with Crippen molar-refractivity contribution < 1.29 is 38.1 Å². The number of hydrogen-bond donors (Lipinski definition) is 2. The van der Waals surface area contributed by atoms with Crippen LogP contribution in [0.15, 0.2) is 18.5 Å². The standard InChI is InChI=1S/C22H30N6O8/c1-6-34-21(31)13(2)26-12-33-10-22(9-23,32-5)19(36-15(4)30)18(35-14(3)29)16-7-8-17-20(24)25-11-27-28(16)17/h7-8,11,13,18-19,26H,6,10,12H2,1-5H3,(H2,24,25,27)/t13-,18-,19-,22+/m0/s1. The molecule has 2 aromatic heterocycles. The molecule has 196 valence electrons. The number of esters is 3. The lowest BCUT2D eigenvalue weighted by atomic mass is 9.92. The van der Waals surface area contributed by atoms with Crippen LogP contribution < -0.4 is 11.1 Å². The van der Waals surface area contributed by atoms with E-state index in [1.807, 2.05) is 6.07 Å². The SMILES string of the molecule is CCOC(=O)[C@H](C)NCOC[C@@](C#N)(OC)[C@@H](OC(C)=O)[C@@H](OC(C)=O)c1ccc2c(N)ncnn12. The maximum atomic E-state index is 12.1. The van der Waals surface area contributed by atoms with Crippen LogP contribution in [0.5, 0.6) is 0 Å². The first-order chi connectivity index (χ1) is 17.1. The zero-order valence-electron chi connectivity index (χ0n) is 20.7. The molecule has 2 aromatic rings. The lowest BCUT2D eigenvalue weighted by Crippen LogP contribution is -2.53. The number of nitrogen functional groups attached to an aromatic ring is 1. The molecular weight excluding hydrogens is 476 g/mol. The number of nitriles is 1. The fraction of sp³-hybridized carbons (Fsp3) is 0.545. The van der Waals surface area contributed by atoms with Gasteiger partial charge in [-0.3, -0.25) is 19.7 Å². The summed E-state index contributed by atoms with van der Waals surface area (Å²) in [5.74, 6) is -1.81. The Labute approximate surface area is 207 Å². The van der Waals surface area contributed by atoms with E-state index in [4.69, 9.17) is 29.4 Å². The zero-order valence-corrected chi connectivity index (χ0v) is 20.7. The summed E-state index contributed by atoms with van der Waals surface area (Å²) in [5.41, 5.74) is 4.61. The predicted octanol–water partition coefficient (Wildman–Crippen LogP) is 0.271. The number of anilines is 1. The Balaban J connectivity index is 2.42. The summed E-state index contributed by atoms with van der Waals surface area (Å²) in [6.45, 7) is 5.18. The van der Waals surface area contributed by atoms with Gasteiger partial charge in [0.2, 0.25) is 5.60 Å². The van der Waals surface area contributed by atoms with E-state index in [1.165, 1.54) is 18.0 Å². The minimum absolute atomic E-state index is 0.158. The second-order valence-electron chi connectivity index (χ2n) is 7.64. The van der Waals surface area contributed by atoms with Gasteiger partial charge in [0.1, 0.15) is 24.0 Å². The van der Waals surface area contributed by atoms with E-state index in [-0.39, 0.29) is 24.8 Å². The second kappa shape index (κ2) is 12.8. The largest absolute Gasteiger partial charge is 0.465 e. The van der Waals surface area contributed by atoms with Crippen LogP contribution in [0.25, 0.3) is 5.52 Å². The molecule has 0 aliphatic heterocycles. The van der Waals surface area contributed by atoms with Crippen LogP contribution >= 0.6 is 0 Å². The molecule has 14 nitrogen and oxygen atoms in total. The summed E-state index contributed by atoms with van der Waals surface area (Å²) in [6.07, 6.45) is -1.64. The van der Waals surface area contributed by atoms with Gasteiger partial charge in [-0.1, -0.05) is 0 Å². The Morgan fingerprint density at radius 1 is 1.25 bits per heavy atom. The van der Waals surface area contributed by atoms with Crippen molar-refractivity contribution in [1.82, 2.24) is 19.9 Å². The van der Waals surface area contributed by atoms with Gasteiger partial charge in [0.15, 0.2) is 18.0 Å². The van der Waals surface area contributed by atoms with Crippen LogP contribution in [-0.4, -0.2) is 77.3 Å². The van der Waals surface area contributed by atoms with Crippen LogP contribution in [0.3, 0.4) is 0 Å². The molecule has 3 N–H and O–H groups in total. The van der Waals surface area contributed by atoms with Gasteiger partial charge in [0, 0.05) is 21.0 Å². The number of nitrogens with one attached hydrogen (secondary N) is 1. The lowest BCUT2D eigenvalue weighted by Gasteiger charge is -2.36. The number of methoxy groups -OCH3 is 1. The Morgan fingerprint density at radius 2 is 1.94 bits per heavy atom. The summed E-state index contributed by atoms with van der Waals surface area (Å²) in [6, 6.07) is 4.43. The van der Waals surface area contributed by atoms with Crippen molar-refractivity contribution in [2.24, 2.45) is 0 Å². The monoisotopic (exact) mass is 506 g/mol. The van der Waals surface area contributed by atoms with Crippen molar-refractivity contribution >= 4 is 29.2 Å². The lowest BCUT2D eigenvalue weighted by molar-refractivity contribution is -0.195. The fourth-order valence-corrected chi connectivity index (χ4v) is 3.36. The highest BCUT2D eigenvalue weighted by Crippen LogP contribution is 2.34. The van der Waals surface area contributed by atoms with E-state index in [0.717, 1.165) is 13.8 Å². The average Bonchev–Trinajstić information content (AvgIpc) is 3.27. The number of hydrogen-bond acceptors (Lipinski definition) is 13. The molecule has 36 heavy (non-hydrogen) atoms. The van der Waals surface area contributed by atoms with Crippen LogP contribution in [0, 0.1) is 11.3 Å². The first-order valence-electron chi connectivity index (χ1n) is 11.0. The average molecular weight is 507 g/mol. The normalized spacial score (nSPS) is 15.2. The summed E-state index contributed by atoms with van der Waals surface area (Å²) >= 11 is 0. The van der Waals surface area contributed by atoms with Gasteiger partial charge in [-0.2, -0.15) is 10.4 Å². The maximum absolute atomic E-state index is 12.1. The van der Waals surface area contributed by atoms with E-state index >= 15 is 0 Å². The van der Waals surface area contributed by atoms with Gasteiger partial charge in [-0.25, -0.2) is 9.50 Å². The molecule has 0 aromatic carbocycles. The quantitative estimate of drug-likeness (QED) is 0.163. The van der Waals surface area contributed by atoms with Gasteiger partial charge in [0.05, 0.1) is 25.6 Å². The van der Waals surface area contributed by atoms with Gasteiger partial charge >= 0.3 is 17.9 Å². The number of fused-ring (bicyclic) bond motifs is 1. The second-order valence-corrected chi connectivity index (χ2v) is 7.64. The van der Waals surface area contributed by atoms with Gasteiger partial charge in [-0.05, 0) is 26.0 Å². The highest BCUT2D eigenvalue weighted by molar-refractivity contribution is 5.75. The Hall–Kier alpha value is -3.80. The fourth-order valence-electron chi connectivity index (χ4n) is 3.36. The molecular formula is C22H30N6O8. The minimum atomic E-state index is -1.94. The van der Waals surface area contributed by atoms with E-state index in [1.54, 1.807) is 26.0 Å². The predicted molar refractivity (Wildman–Crippen MR) is 123 cm³/mol. The number of aromatic nitrogens is 3. The molecule has 0 aliphatic rings. The molecule has 14 heteroatoms. The third-order valence-corrected chi connectivity index (χ3v) is 5.12. The molecule has 0 saturated heterocycles. The summed E-state index contributed by atoms with van der Waals surface area (Å²) < 4.78 is 28.3. The molecule has 0 amide bonds. The number of carbonyl (C=O) groups excluding carboxylic acids is 3. The third kappa shape index (κ3) is 6.66. The smallest absolute Gasteiger partial charge is 0.322 e. The van der Waals surface area contributed by atoms with Crippen LogP contribution in [-0.2, 0) is 38.1 Å². The molecule has 0 bridgehead atoms. The number of carbonyl (C=O) groups is 3. The summed E-state index contributed by atoms with van der Waals surface area (Å²) in [7, 11) is 1.22. The van der Waals surface area contributed by atoms with E-state index in [9.17, 15) is 19.6 Å². The summed E-state index contributed by atoms with van der Waals surface area (Å²) in [4.78, 5) is 39.8. The molecule has 0 unspecified atom stereocenters. The van der Waals surface area contributed by atoms with Gasteiger partial charge < -0.3 is 29.4 Å². The van der Waals surface area contributed by atoms with Crippen molar-refractivity contribution in [3.05, 3.63) is 24.2 Å². The first-order valence-corrected chi connectivity index (χ1v) is 11.0. The van der Waals surface area contributed by atoms with Crippen LogP contribution in [0.1, 0.15) is 39.5 Å². The molecule has 0 aliphatic carbocycles. The van der Waals surface area contributed by atoms with Crippen molar-refractivity contribution in [3.63, 3.8) is 0 Å². The van der Waals surface area contributed by atoms with E-state index in [2.05, 4.69) is 15.4 Å². The number of nitrogens with two attached hydrogens (primary N) is 1. The Kier molecular flexibility index (Phi) is 10.1.